The molecule has 0 spiro atoms. The molecule has 2 atom stereocenters. The average Bonchev–Trinajstić information content (AvgIpc) is 2.94. The molecule has 2 aliphatic heterocycles. The van der Waals surface area contributed by atoms with Gasteiger partial charge in [0.25, 0.3) is 5.91 Å². The number of β-amino-alcohol motifs (C(OH)–C–C–N with tert-alkyl or cyclic N) is 1. The first-order chi connectivity index (χ1) is 13.5. The normalized spacial score (nSPS) is 22.5. The van der Waals surface area contributed by atoms with Crippen molar-refractivity contribution >= 4 is 27.5 Å². The van der Waals surface area contributed by atoms with Gasteiger partial charge in [0, 0.05) is 25.4 Å². The lowest BCUT2D eigenvalue weighted by Crippen LogP contribution is -2.47. The zero-order valence-corrected chi connectivity index (χ0v) is 18.0. The van der Waals surface area contributed by atoms with Crippen molar-refractivity contribution in [2.75, 3.05) is 45.1 Å². The Labute approximate surface area is 174 Å². The third-order valence-electron chi connectivity index (χ3n) is 5.39. The Morgan fingerprint density at radius 1 is 1.39 bits per heavy atom. The lowest BCUT2D eigenvalue weighted by atomic mass is 9.93. The van der Waals surface area contributed by atoms with Crippen LogP contribution in [0.25, 0.3) is 0 Å². The van der Waals surface area contributed by atoms with Crippen molar-refractivity contribution in [2.45, 2.75) is 38.7 Å². The molecule has 3 rings (SSSR count). The smallest absolute Gasteiger partial charge is 0.255 e. The SMILES string of the molecule is CCCCN1CC[C@@H](CNC(=O)c2cc(N)c(Br)c3c2OCCCO3)[C@H](O)C1. The van der Waals surface area contributed by atoms with Crippen LogP contribution in [-0.2, 0) is 0 Å². The van der Waals surface area contributed by atoms with E-state index in [4.69, 9.17) is 15.2 Å². The number of nitrogens with zero attached hydrogens (tertiary/aromatic N) is 1. The number of fused-ring (bicyclic) bond motifs is 1. The number of unbranched alkanes of at least 4 members (excludes halogenated alkanes) is 1. The maximum atomic E-state index is 12.8. The zero-order chi connectivity index (χ0) is 20.1. The standard InChI is InChI=1S/C20H30BrN3O4/c1-2-3-6-24-7-5-13(16(25)12-24)11-23-20(26)14-10-15(22)17(21)19-18(14)27-8-4-9-28-19/h10,13,16,25H,2-9,11-12,22H2,1H3,(H,23,26)/t13-,16+/m0/s1. The minimum atomic E-state index is -0.433. The summed E-state index contributed by atoms with van der Waals surface area (Å²) in [5.41, 5.74) is 6.84. The predicted molar refractivity (Wildman–Crippen MR) is 112 cm³/mol. The molecule has 28 heavy (non-hydrogen) atoms. The van der Waals surface area contributed by atoms with Crippen molar-refractivity contribution in [1.29, 1.82) is 0 Å². The van der Waals surface area contributed by atoms with Crippen LogP contribution < -0.4 is 20.5 Å². The molecular formula is C20H30BrN3O4. The number of benzene rings is 1. The van der Waals surface area contributed by atoms with Gasteiger partial charge in [-0.2, -0.15) is 0 Å². The van der Waals surface area contributed by atoms with Crippen molar-refractivity contribution in [2.24, 2.45) is 5.92 Å². The first kappa shape index (κ1) is 21.2. The summed E-state index contributed by atoms with van der Waals surface area (Å²) in [7, 11) is 0. The number of hydrogen-bond donors (Lipinski definition) is 3. The number of nitrogens with one attached hydrogen (secondary N) is 1. The largest absolute Gasteiger partial charge is 0.489 e. The Hall–Kier alpha value is -1.51. The molecule has 2 heterocycles. The third-order valence-corrected chi connectivity index (χ3v) is 6.21. The summed E-state index contributed by atoms with van der Waals surface area (Å²) in [6, 6.07) is 1.61. The topological polar surface area (TPSA) is 97.1 Å². The third kappa shape index (κ3) is 4.90. The first-order valence-electron chi connectivity index (χ1n) is 10.1. The fourth-order valence-corrected chi connectivity index (χ4v) is 4.08. The number of hydrogen-bond acceptors (Lipinski definition) is 6. The highest BCUT2D eigenvalue weighted by Crippen LogP contribution is 2.43. The van der Waals surface area contributed by atoms with Crippen LogP contribution in [0, 0.1) is 5.92 Å². The second kappa shape index (κ2) is 9.80. The molecule has 1 aromatic carbocycles. The summed E-state index contributed by atoms with van der Waals surface area (Å²) in [5.74, 6) is 0.685. The van der Waals surface area contributed by atoms with Gasteiger partial charge in [0.2, 0.25) is 0 Å². The molecule has 1 aromatic rings. The number of nitrogen functional groups attached to an aromatic ring is 1. The molecule has 0 aliphatic carbocycles. The fourth-order valence-electron chi connectivity index (χ4n) is 3.67. The molecule has 0 unspecified atom stereocenters. The van der Waals surface area contributed by atoms with Gasteiger partial charge in [-0.05, 0) is 47.9 Å². The number of carbonyl (C=O) groups excluding carboxylic acids is 1. The number of halogens is 1. The van der Waals surface area contributed by atoms with E-state index in [0.29, 0.717) is 53.5 Å². The van der Waals surface area contributed by atoms with E-state index >= 15 is 0 Å². The van der Waals surface area contributed by atoms with E-state index in [9.17, 15) is 9.90 Å². The molecule has 7 nitrogen and oxygen atoms in total. The summed E-state index contributed by atoms with van der Waals surface area (Å²) >= 11 is 3.42. The summed E-state index contributed by atoms with van der Waals surface area (Å²) < 4.78 is 12.1. The summed E-state index contributed by atoms with van der Waals surface area (Å²) in [6.45, 7) is 6.23. The Bertz CT molecular complexity index is 701. The Kier molecular flexibility index (Phi) is 7.42. The minimum Gasteiger partial charge on any atom is -0.489 e. The van der Waals surface area contributed by atoms with Crippen LogP contribution in [-0.4, -0.2) is 61.4 Å². The van der Waals surface area contributed by atoms with E-state index in [0.717, 1.165) is 38.8 Å². The van der Waals surface area contributed by atoms with Crippen LogP contribution >= 0.6 is 15.9 Å². The lowest BCUT2D eigenvalue weighted by molar-refractivity contribution is 0.0217. The number of nitrogens with two attached hydrogens (primary N) is 1. The number of amides is 1. The Morgan fingerprint density at radius 3 is 2.86 bits per heavy atom. The van der Waals surface area contributed by atoms with Gasteiger partial charge >= 0.3 is 0 Å². The number of carbonyl (C=O) groups is 1. The average molecular weight is 456 g/mol. The van der Waals surface area contributed by atoms with E-state index in [-0.39, 0.29) is 11.8 Å². The van der Waals surface area contributed by atoms with Crippen molar-refractivity contribution < 1.29 is 19.4 Å². The molecule has 1 saturated heterocycles. The van der Waals surface area contributed by atoms with Crippen LogP contribution in [0.1, 0.15) is 43.0 Å². The van der Waals surface area contributed by atoms with Crippen molar-refractivity contribution in [3.8, 4) is 11.5 Å². The fraction of sp³-hybridized carbons (Fsp3) is 0.650. The van der Waals surface area contributed by atoms with Gasteiger partial charge in [-0.15, -0.1) is 0 Å². The minimum absolute atomic E-state index is 0.0467. The van der Waals surface area contributed by atoms with Crippen molar-refractivity contribution in [3.05, 3.63) is 16.1 Å². The van der Waals surface area contributed by atoms with Crippen LogP contribution in [0.5, 0.6) is 11.5 Å². The number of anilines is 1. The van der Waals surface area contributed by atoms with E-state index in [2.05, 4.69) is 33.1 Å². The summed E-state index contributed by atoms with van der Waals surface area (Å²) in [5, 5.41) is 13.4. The highest BCUT2D eigenvalue weighted by Gasteiger charge is 2.29. The molecule has 156 valence electrons. The quantitative estimate of drug-likeness (QED) is 0.569. The number of piperidine rings is 1. The monoisotopic (exact) mass is 455 g/mol. The Morgan fingerprint density at radius 2 is 2.14 bits per heavy atom. The summed E-state index contributed by atoms with van der Waals surface area (Å²) in [6.07, 6.45) is 3.47. The second-order valence-corrected chi connectivity index (χ2v) is 8.31. The maximum Gasteiger partial charge on any atom is 0.255 e. The van der Waals surface area contributed by atoms with Gasteiger partial charge in [0.05, 0.1) is 35.0 Å². The van der Waals surface area contributed by atoms with Crippen molar-refractivity contribution in [1.82, 2.24) is 10.2 Å². The lowest BCUT2D eigenvalue weighted by Gasteiger charge is -2.36. The molecule has 4 N–H and O–H groups in total. The molecule has 0 aromatic heterocycles. The van der Waals surface area contributed by atoms with Crippen molar-refractivity contribution in [3.63, 3.8) is 0 Å². The van der Waals surface area contributed by atoms with Gasteiger partial charge in [-0.25, -0.2) is 0 Å². The van der Waals surface area contributed by atoms with E-state index in [1.807, 2.05) is 0 Å². The van der Waals surface area contributed by atoms with Gasteiger partial charge in [-0.3, -0.25) is 4.79 Å². The van der Waals surface area contributed by atoms with Gasteiger partial charge in [0.1, 0.15) is 0 Å². The number of aliphatic hydroxyl groups is 1. The van der Waals surface area contributed by atoms with Gasteiger partial charge in [0.15, 0.2) is 11.5 Å². The van der Waals surface area contributed by atoms with E-state index < -0.39 is 6.10 Å². The molecule has 0 saturated carbocycles. The van der Waals surface area contributed by atoms with Gasteiger partial charge < -0.3 is 30.5 Å². The zero-order valence-electron chi connectivity index (χ0n) is 16.4. The van der Waals surface area contributed by atoms with Gasteiger partial charge in [-0.1, -0.05) is 13.3 Å². The summed E-state index contributed by atoms with van der Waals surface area (Å²) in [4.78, 5) is 15.1. The number of rotatable bonds is 6. The molecule has 1 amide bonds. The van der Waals surface area contributed by atoms with Crippen LogP contribution in [0.4, 0.5) is 5.69 Å². The van der Waals surface area contributed by atoms with E-state index in [1.54, 1.807) is 6.07 Å². The Balaban J connectivity index is 1.63. The second-order valence-electron chi connectivity index (χ2n) is 7.52. The highest BCUT2D eigenvalue weighted by molar-refractivity contribution is 9.10. The van der Waals surface area contributed by atoms with E-state index in [1.165, 1.54) is 0 Å². The first-order valence-corrected chi connectivity index (χ1v) is 10.9. The predicted octanol–water partition coefficient (Wildman–Crippen LogP) is 2.41. The maximum absolute atomic E-state index is 12.8. The molecule has 0 radical (unpaired) electrons. The highest BCUT2D eigenvalue weighted by atomic mass is 79.9. The number of ether oxygens (including phenoxy) is 2. The molecular weight excluding hydrogens is 426 g/mol. The number of likely N-dealkylation sites (tertiary alicyclic amines) is 1. The van der Waals surface area contributed by atoms with Crippen LogP contribution in [0.15, 0.2) is 10.5 Å². The molecule has 8 heteroatoms. The molecule has 1 fully saturated rings. The molecule has 2 aliphatic rings. The molecule has 0 bridgehead atoms. The number of aliphatic hydroxyl groups excluding tert-OH is 1. The van der Waals surface area contributed by atoms with Crippen LogP contribution in [0.2, 0.25) is 0 Å². The van der Waals surface area contributed by atoms with Crippen LogP contribution in [0.3, 0.4) is 0 Å².